The van der Waals surface area contributed by atoms with E-state index in [-0.39, 0.29) is 17.1 Å². The van der Waals surface area contributed by atoms with Gasteiger partial charge in [-0.05, 0) is 12.1 Å². The Balaban J connectivity index is 3.01. The zero-order chi connectivity index (χ0) is 10.7. The molecule has 76 valence electrons. The summed E-state index contributed by atoms with van der Waals surface area (Å²) in [7, 11) is 0. The second kappa shape index (κ2) is 3.91. The van der Waals surface area contributed by atoms with Gasteiger partial charge in [0.05, 0.1) is 0 Å². The number of phenols is 1. The number of hydrogen-bond donors (Lipinski definition) is 2. The number of benzene rings is 1. The van der Waals surface area contributed by atoms with Gasteiger partial charge in [-0.15, -0.1) is 0 Å². The van der Waals surface area contributed by atoms with Crippen LogP contribution in [0.5, 0.6) is 11.5 Å². The molecule has 1 aromatic carbocycles. The molecule has 0 unspecified atom stereocenters. The Kier molecular flexibility index (Phi) is 2.85. The molecule has 6 heteroatoms. The van der Waals surface area contributed by atoms with Gasteiger partial charge in [-0.1, -0.05) is 0 Å². The number of nitrogens with two attached hydrogens (primary N) is 1. The van der Waals surface area contributed by atoms with Crippen LogP contribution in [0, 0.1) is 0 Å². The maximum absolute atomic E-state index is 11.8. The third-order valence-corrected chi connectivity index (χ3v) is 1.40. The highest BCUT2D eigenvalue weighted by Gasteiger charge is 2.09. The third kappa shape index (κ3) is 2.58. The first kappa shape index (κ1) is 10.2. The van der Waals surface area contributed by atoms with Gasteiger partial charge in [0.25, 0.3) is 0 Å². The molecule has 1 rings (SSSR count). The SMILES string of the molecule is NC(=O)c1cc(O)cc(OC(F)F)c1. The van der Waals surface area contributed by atoms with Gasteiger partial charge >= 0.3 is 6.61 Å². The van der Waals surface area contributed by atoms with E-state index in [0.29, 0.717) is 0 Å². The van der Waals surface area contributed by atoms with Crippen molar-refractivity contribution in [1.29, 1.82) is 0 Å². The van der Waals surface area contributed by atoms with Crippen molar-refractivity contribution in [3.63, 3.8) is 0 Å². The van der Waals surface area contributed by atoms with E-state index < -0.39 is 12.5 Å². The molecular formula is C8H7F2NO3. The molecule has 3 N–H and O–H groups in total. The number of amides is 1. The number of primary amides is 1. The molecule has 0 fully saturated rings. The lowest BCUT2D eigenvalue weighted by molar-refractivity contribution is -0.0499. The van der Waals surface area contributed by atoms with Crippen LogP contribution in [0.15, 0.2) is 18.2 Å². The first-order chi connectivity index (χ1) is 6.49. The minimum Gasteiger partial charge on any atom is -0.508 e. The van der Waals surface area contributed by atoms with Gasteiger partial charge in [0.1, 0.15) is 11.5 Å². The molecule has 0 saturated carbocycles. The number of halogens is 2. The summed E-state index contributed by atoms with van der Waals surface area (Å²) >= 11 is 0. The minimum absolute atomic E-state index is 0.0966. The van der Waals surface area contributed by atoms with Gasteiger partial charge in [-0.2, -0.15) is 8.78 Å². The first-order valence-electron chi connectivity index (χ1n) is 3.57. The lowest BCUT2D eigenvalue weighted by Crippen LogP contribution is -2.11. The summed E-state index contributed by atoms with van der Waals surface area (Å²) in [6.07, 6.45) is 0. The molecule has 0 radical (unpaired) electrons. The number of alkyl halides is 2. The van der Waals surface area contributed by atoms with Crippen molar-refractivity contribution in [2.24, 2.45) is 5.73 Å². The number of phenolic OH excluding ortho intramolecular Hbond substituents is 1. The molecule has 0 aliphatic rings. The van der Waals surface area contributed by atoms with Crippen molar-refractivity contribution in [3.8, 4) is 11.5 Å². The van der Waals surface area contributed by atoms with Crippen LogP contribution in [0.25, 0.3) is 0 Å². The van der Waals surface area contributed by atoms with Gasteiger partial charge in [-0.25, -0.2) is 0 Å². The molecule has 0 atom stereocenters. The van der Waals surface area contributed by atoms with Crippen LogP contribution in [0.2, 0.25) is 0 Å². The number of hydrogen-bond acceptors (Lipinski definition) is 3. The largest absolute Gasteiger partial charge is 0.508 e. The van der Waals surface area contributed by atoms with Gasteiger partial charge < -0.3 is 15.6 Å². The van der Waals surface area contributed by atoms with Crippen molar-refractivity contribution in [1.82, 2.24) is 0 Å². The molecule has 1 aromatic rings. The fourth-order valence-corrected chi connectivity index (χ4v) is 0.897. The van der Waals surface area contributed by atoms with Crippen LogP contribution in [-0.2, 0) is 0 Å². The second-order valence-electron chi connectivity index (χ2n) is 2.46. The average Bonchev–Trinajstić information content (AvgIpc) is 2.01. The summed E-state index contributed by atoms with van der Waals surface area (Å²) in [6.45, 7) is -3.02. The zero-order valence-electron chi connectivity index (χ0n) is 6.91. The molecule has 0 aliphatic carbocycles. The standard InChI is InChI=1S/C8H7F2NO3/c9-8(10)14-6-2-4(7(11)13)1-5(12)3-6/h1-3,8,12H,(H2,11,13). The van der Waals surface area contributed by atoms with Crippen LogP contribution < -0.4 is 10.5 Å². The van der Waals surface area contributed by atoms with E-state index in [4.69, 9.17) is 10.8 Å². The number of carbonyl (C=O) groups is 1. The Hall–Kier alpha value is -1.85. The molecule has 0 spiro atoms. The zero-order valence-corrected chi connectivity index (χ0v) is 6.91. The van der Waals surface area contributed by atoms with Crippen molar-refractivity contribution in [2.75, 3.05) is 0 Å². The molecule has 4 nitrogen and oxygen atoms in total. The van der Waals surface area contributed by atoms with Crippen molar-refractivity contribution in [3.05, 3.63) is 23.8 Å². The number of ether oxygens (including phenoxy) is 1. The summed E-state index contributed by atoms with van der Waals surface area (Å²) in [5, 5.41) is 9.02. The Morgan fingerprint density at radius 1 is 1.43 bits per heavy atom. The topological polar surface area (TPSA) is 72.6 Å². The van der Waals surface area contributed by atoms with Gasteiger partial charge in [0.2, 0.25) is 5.91 Å². The fourth-order valence-electron chi connectivity index (χ4n) is 0.897. The molecule has 0 heterocycles. The number of rotatable bonds is 3. The third-order valence-electron chi connectivity index (χ3n) is 1.40. The van der Waals surface area contributed by atoms with E-state index >= 15 is 0 Å². The maximum Gasteiger partial charge on any atom is 0.387 e. The summed E-state index contributed by atoms with van der Waals surface area (Å²) < 4.78 is 27.5. The van der Waals surface area contributed by atoms with Gasteiger partial charge in [0, 0.05) is 11.6 Å². The number of aromatic hydroxyl groups is 1. The van der Waals surface area contributed by atoms with E-state index in [9.17, 15) is 13.6 Å². The summed E-state index contributed by atoms with van der Waals surface area (Å²) in [5.41, 5.74) is 4.79. The Morgan fingerprint density at radius 3 is 2.57 bits per heavy atom. The molecular weight excluding hydrogens is 196 g/mol. The van der Waals surface area contributed by atoms with Crippen LogP contribution in [0.1, 0.15) is 10.4 Å². The monoisotopic (exact) mass is 203 g/mol. The fraction of sp³-hybridized carbons (Fsp3) is 0.125. The highest BCUT2D eigenvalue weighted by atomic mass is 19.3. The first-order valence-corrected chi connectivity index (χ1v) is 3.57. The summed E-state index contributed by atoms with van der Waals surface area (Å²) in [4.78, 5) is 10.7. The van der Waals surface area contributed by atoms with Crippen LogP contribution >= 0.6 is 0 Å². The van der Waals surface area contributed by atoms with Crippen molar-refractivity contribution >= 4 is 5.91 Å². The van der Waals surface area contributed by atoms with Crippen LogP contribution in [0.4, 0.5) is 8.78 Å². The smallest absolute Gasteiger partial charge is 0.387 e. The quantitative estimate of drug-likeness (QED) is 0.772. The normalized spacial score (nSPS) is 10.2. The summed E-state index contributed by atoms with van der Waals surface area (Å²) in [5.74, 6) is -1.51. The van der Waals surface area contributed by atoms with E-state index in [0.717, 1.165) is 18.2 Å². The van der Waals surface area contributed by atoms with Gasteiger partial charge in [-0.3, -0.25) is 4.79 Å². The molecule has 14 heavy (non-hydrogen) atoms. The van der Waals surface area contributed by atoms with E-state index in [1.165, 1.54) is 0 Å². The molecule has 0 aromatic heterocycles. The van der Waals surface area contributed by atoms with E-state index in [1.807, 2.05) is 0 Å². The van der Waals surface area contributed by atoms with Gasteiger partial charge in [0.15, 0.2) is 0 Å². The average molecular weight is 203 g/mol. The van der Waals surface area contributed by atoms with Crippen LogP contribution in [-0.4, -0.2) is 17.6 Å². The predicted octanol–water partition coefficient (Wildman–Crippen LogP) is 1.09. The lowest BCUT2D eigenvalue weighted by Gasteiger charge is -2.05. The summed E-state index contributed by atoms with van der Waals surface area (Å²) in [6, 6.07) is 3.04. The molecule has 0 aliphatic heterocycles. The lowest BCUT2D eigenvalue weighted by atomic mass is 10.2. The second-order valence-corrected chi connectivity index (χ2v) is 2.46. The van der Waals surface area contributed by atoms with E-state index in [2.05, 4.69) is 4.74 Å². The van der Waals surface area contributed by atoms with E-state index in [1.54, 1.807) is 0 Å². The predicted molar refractivity (Wildman–Crippen MR) is 43.3 cm³/mol. The Morgan fingerprint density at radius 2 is 2.07 bits per heavy atom. The Bertz CT molecular complexity index is 354. The molecule has 0 bridgehead atoms. The maximum atomic E-state index is 11.8. The minimum atomic E-state index is -3.02. The highest BCUT2D eigenvalue weighted by molar-refractivity contribution is 5.93. The highest BCUT2D eigenvalue weighted by Crippen LogP contribution is 2.22. The molecule has 0 saturated heterocycles. The van der Waals surface area contributed by atoms with Crippen molar-refractivity contribution < 1.29 is 23.4 Å². The number of carbonyl (C=O) groups excluding carboxylic acids is 1. The van der Waals surface area contributed by atoms with Crippen molar-refractivity contribution in [2.45, 2.75) is 6.61 Å². The molecule has 1 amide bonds. The Labute approximate surface area is 77.9 Å². The van der Waals surface area contributed by atoms with Crippen LogP contribution in [0.3, 0.4) is 0 Å².